The van der Waals surface area contributed by atoms with Gasteiger partial charge in [0.15, 0.2) is 0 Å². The Bertz CT molecular complexity index is 923. The zero-order valence-corrected chi connectivity index (χ0v) is 16.4. The number of anilines is 1. The summed E-state index contributed by atoms with van der Waals surface area (Å²) in [6.45, 7) is 2.82. The fourth-order valence-electron chi connectivity index (χ4n) is 3.20. The van der Waals surface area contributed by atoms with E-state index in [-0.39, 0.29) is 29.8 Å². The molecule has 0 aliphatic carbocycles. The van der Waals surface area contributed by atoms with Crippen molar-refractivity contribution < 1.29 is 22.3 Å². The Labute approximate surface area is 164 Å². The third kappa shape index (κ3) is 4.51. The highest BCUT2D eigenvalue weighted by molar-refractivity contribution is 7.89. The van der Waals surface area contributed by atoms with E-state index in [1.54, 1.807) is 24.3 Å². The first-order valence-electron chi connectivity index (χ1n) is 9.20. The molecule has 3 rings (SSSR count). The van der Waals surface area contributed by atoms with E-state index in [0.29, 0.717) is 25.1 Å². The van der Waals surface area contributed by atoms with Crippen LogP contribution in [-0.4, -0.2) is 38.3 Å². The second kappa shape index (κ2) is 8.70. The Morgan fingerprint density at radius 3 is 2.39 bits per heavy atom. The minimum absolute atomic E-state index is 0.146. The number of piperidine rings is 1. The zero-order chi connectivity index (χ0) is 20.1. The second-order valence-electron chi connectivity index (χ2n) is 6.56. The van der Waals surface area contributed by atoms with E-state index < -0.39 is 15.8 Å². The van der Waals surface area contributed by atoms with Crippen LogP contribution in [0.2, 0.25) is 0 Å². The van der Waals surface area contributed by atoms with Gasteiger partial charge in [-0.3, -0.25) is 4.79 Å². The van der Waals surface area contributed by atoms with E-state index in [4.69, 9.17) is 4.74 Å². The summed E-state index contributed by atoms with van der Waals surface area (Å²) in [7, 11) is -3.90. The van der Waals surface area contributed by atoms with Crippen LogP contribution in [0, 0.1) is 11.7 Å². The van der Waals surface area contributed by atoms with Crippen molar-refractivity contribution in [3.05, 3.63) is 54.3 Å². The Balaban J connectivity index is 1.59. The van der Waals surface area contributed by atoms with Gasteiger partial charge in [-0.2, -0.15) is 4.31 Å². The Morgan fingerprint density at radius 2 is 1.79 bits per heavy atom. The molecule has 1 saturated heterocycles. The number of benzene rings is 2. The van der Waals surface area contributed by atoms with Crippen molar-refractivity contribution in [1.82, 2.24) is 4.31 Å². The molecule has 0 aromatic heterocycles. The number of nitrogens with zero attached hydrogens (tertiary/aromatic N) is 1. The lowest BCUT2D eigenvalue weighted by Crippen LogP contribution is -2.41. The summed E-state index contributed by atoms with van der Waals surface area (Å²) in [4.78, 5) is 12.2. The molecule has 0 unspecified atom stereocenters. The van der Waals surface area contributed by atoms with Crippen LogP contribution in [0.5, 0.6) is 5.75 Å². The molecule has 2 aromatic rings. The van der Waals surface area contributed by atoms with Gasteiger partial charge in [0, 0.05) is 24.7 Å². The number of ether oxygens (including phenoxy) is 1. The second-order valence-corrected chi connectivity index (χ2v) is 8.46. The van der Waals surface area contributed by atoms with Crippen LogP contribution in [-0.2, 0) is 14.8 Å². The van der Waals surface area contributed by atoms with Crippen LogP contribution < -0.4 is 10.1 Å². The van der Waals surface area contributed by atoms with Gasteiger partial charge in [-0.05, 0) is 56.2 Å². The molecular formula is C20H23FN2O4S. The summed E-state index contributed by atoms with van der Waals surface area (Å²) in [5.41, 5.74) is 0.662. The number of carbonyl (C=O) groups is 1. The van der Waals surface area contributed by atoms with Crippen LogP contribution in [0.1, 0.15) is 19.8 Å². The summed E-state index contributed by atoms with van der Waals surface area (Å²) in [5, 5.41) is 2.85. The van der Waals surface area contributed by atoms with Gasteiger partial charge in [0.1, 0.15) is 16.5 Å². The lowest BCUT2D eigenvalue weighted by atomic mass is 9.97. The monoisotopic (exact) mass is 406 g/mol. The van der Waals surface area contributed by atoms with Crippen LogP contribution in [0.25, 0.3) is 0 Å². The van der Waals surface area contributed by atoms with Gasteiger partial charge in [0.25, 0.3) is 0 Å². The number of nitrogens with one attached hydrogen (secondary N) is 1. The number of sulfonamides is 1. The van der Waals surface area contributed by atoms with E-state index in [9.17, 15) is 17.6 Å². The van der Waals surface area contributed by atoms with Crippen molar-refractivity contribution in [3.8, 4) is 5.75 Å². The van der Waals surface area contributed by atoms with E-state index >= 15 is 0 Å². The Morgan fingerprint density at radius 1 is 1.14 bits per heavy atom. The smallest absolute Gasteiger partial charge is 0.245 e. The molecule has 150 valence electrons. The maximum absolute atomic E-state index is 13.9. The van der Waals surface area contributed by atoms with Gasteiger partial charge < -0.3 is 10.1 Å². The van der Waals surface area contributed by atoms with Gasteiger partial charge in [-0.25, -0.2) is 12.8 Å². The van der Waals surface area contributed by atoms with Crippen molar-refractivity contribution in [2.24, 2.45) is 5.92 Å². The van der Waals surface area contributed by atoms with Gasteiger partial charge >= 0.3 is 0 Å². The van der Waals surface area contributed by atoms with Crippen LogP contribution in [0.15, 0.2) is 53.4 Å². The van der Waals surface area contributed by atoms with Crippen molar-refractivity contribution in [2.75, 3.05) is 25.0 Å². The van der Waals surface area contributed by atoms with Crippen LogP contribution in [0.4, 0.5) is 10.1 Å². The van der Waals surface area contributed by atoms with Crippen LogP contribution in [0.3, 0.4) is 0 Å². The molecule has 0 atom stereocenters. The molecule has 0 spiro atoms. The molecule has 28 heavy (non-hydrogen) atoms. The van der Waals surface area contributed by atoms with Crippen molar-refractivity contribution in [2.45, 2.75) is 24.7 Å². The van der Waals surface area contributed by atoms with E-state index in [1.807, 2.05) is 6.92 Å². The van der Waals surface area contributed by atoms with Gasteiger partial charge in [0.05, 0.1) is 6.61 Å². The minimum Gasteiger partial charge on any atom is -0.494 e. The Hall–Kier alpha value is -2.45. The van der Waals surface area contributed by atoms with Crippen molar-refractivity contribution in [3.63, 3.8) is 0 Å². The van der Waals surface area contributed by atoms with E-state index in [1.165, 1.54) is 22.5 Å². The molecule has 1 N–H and O–H groups in total. The number of amides is 1. The lowest BCUT2D eigenvalue weighted by Gasteiger charge is -2.30. The molecule has 0 bridgehead atoms. The van der Waals surface area contributed by atoms with Gasteiger partial charge in [0.2, 0.25) is 15.9 Å². The molecule has 6 nitrogen and oxygen atoms in total. The molecule has 1 aliphatic heterocycles. The minimum atomic E-state index is -3.90. The molecule has 8 heteroatoms. The summed E-state index contributed by atoms with van der Waals surface area (Å²) in [6, 6.07) is 12.4. The van der Waals surface area contributed by atoms with Crippen LogP contribution >= 0.6 is 0 Å². The molecule has 0 radical (unpaired) electrons. The average Bonchev–Trinajstić information content (AvgIpc) is 2.70. The fourth-order valence-corrected chi connectivity index (χ4v) is 4.73. The molecule has 0 saturated carbocycles. The first-order chi connectivity index (χ1) is 13.4. The highest BCUT2D eigenvalue weighted by Crippen LogP contribution is 2.26. The van der Waals surface area contributed by atoms with E-state index in [2.05, 4.69) is 5.32 Å². The average molecular weight is 406 g/mol. The standard InChI is InChI=1S/C20H23FN2O4S/c1-2-27-17-9-7-16(8-10-17)22-20(24)15-11-13-23(14-12-15)28(25,26)19-6-4-3-5-18(19)21/h3-10,15H,2,11-14H2,1H3,(H,22,24). The highest BCUT2D eigenvalue weighted by Gasteiger charge is 2.33. The predicted molar refractivity (Wildman–Crippen MR) is 104 cm³/mol. The third-order valence-electron chi connectivity index (χ3n) is 4.71. The largest absolute Gasteiger partial charge is 0.494 e. The first-order valence-corrected chi connectivity index (χ1v) is 10.6. The molecule has 1 heterocycles. The normalized spacial score (nSPS) is 15.9. The summed E-state index contributed by atoms with van der Waals surface area (Å²) in [5.74, 6) is -0.476. The number of halogens is 1. The van der Waals surface area contributed by atoms with Gasteiger partial charge in [-0.15, -0.1) is 0 Å². The molecule has 2 aromatic carbocycles. The maximum atomic E-state index is 13.9. The molecular weight excluding hydrogens is 383 g/mol. The van der Waals surface area contributed by atoms with E-state index in [0.717, 1.165) is 11.8 Å². The third-order valence-corrected chi connectivity index (χ3v) is 6.64. The quantitative estimate of drug-likeness (QED) is 0.799. The van der Waals surface area contributed by atoms with Crippen molar-refractivity contribution in [1.29, 1.82) is 0 Å². The molecule has 1 aliphatic rings. The number of rotatable bonds is 6. The fraction of sp³-hybridized carbons (Fsp3) is 0.350. The number of hydrogen-bond donors (Lipinski definition) is 1. The Kier molecular flexibility index (Phi) is 6.31. The highest BCUT2D eigenvalue weighted by atomic mass is 32.2. The summed E-state index contributed by atoms with van der Waals surface area (Å²) < 4.78 is 45.8. The van der Waals surface area contributed by atoms with Gasteiger partial charge in [-0.1, -0.05) is 12.1 Å². The maximum Gasteiger partial charge on any atom is 0.245 e. The van der Waals surface area contributed by atoms with Crippen molar-refractivity contribution >= 4 is 21.6 Å². The first kappa shape index (κ1) is 20.3. The molecule has 1 fully saturated rings. The summed E-state index contributed by atoms with van der Waals surface area (Å²) in [6.07, 6.45) is 0.771. The number of hydrogen-bond acceptors (Lipinski definition) is 4. The topological polar surface area (TPSA) is 75.7 Å². The SMILES string of the molecule is CCOc1ccc(NC(=O)C2CCN(S(=O)(=O)c3ccccc3F)CC2)cc1. The number of carbonyl (C=O) groups excluding carboxylic acids is 1. The zero-order valence-electron chi connectivity index (χ0n) is 15.6. The summed E-state index contributed by atoms with van der Waals surface area (Å²) >= 11 is 0. The lowest BCUT2D eigenvalue weighted by molar-refractivity contribution is -0.120. The molecule has 1 amide bonds. The predicted octanol–water partition coefficient (Wildman–Crippen LogP) is 3.26.